The Balaban J connectivity index is 1.44. The Labute approximate surface area is 258 Å². The second-order valence-corrected chi connectivity index (χ2v) is 12.1. The average Bonchev–Trinajstić information content (AvgIpc) is 3.04. The van der Waals surface area contributed by atoms with Gasteiger partial charge < -0.3 is 23.7 Å². The van der Waals surface area contributed by atoms with E-state index < -0.39 is 16.1 Å². The van der Waals surface area contributed by atoms with Gasteiger partial charge in [-0.05, 0) is 91.0 Å². The molecule has 0 aliphatic carbocycles. The molecule has 7 nitrogen and oxygen atoms in total. The molecule has 0 N–H and O–H groups in total. The fourth-order valence-electron chi connectivity index (χ4n) is 4.73. The maximum absolute atomic E-state index is 12.1. The van der Waals surface area contributed by atoms with E-state index in [1.165, 1.54) is 6.26 Å². The average molecular weight is 613 g/mol. The van der Waals surface area contributed by atoms with Crippen LogP contribution in [0.2, 0.25) is 0 Å². The Kier molecular flexibility index (Phi) is 10.2. The number of hydrogen-bond acceptors (Lipinski definition) is 7. The molecule has 0 bridgehead atoms. The van der Waals surface area contributed by atoms with E-state index in [2.05, 4.69) is 0 Å². The summed E-state index contributed by atoms with van der Waals surface area (Å²) in [5.74, 6) is 2.67. The van der Waals surface area contributed by atoms with Crippen molar-refractivity contribution >= 4 is 20.6 Å². The number of benzene rings is 5. The minimum Gasteiger partial charge on any atom is -0.489 e. The molecule has 0 aromatic heterocycles. The van der Waals surface area contributed by atoms with Crippen LogP contribution in [0, 0.1) is 0 Å². The molecule has 0 atom stereocenters. The third-order valence-electron chi connectivity index (χ3n) is 6.92. The Morgan fingerprint density at radius 2 is 1.34 bits per heavy atom. The summed E-state index contributed by atoms with van der Waals surface area (Å²) < 4.78 is 53.7. The first-order valence-corrected chi connectivity index (χ1v) is 16.4. The highest BCUT2D eigenvalue weighted by Crippen LogP contribution is 2.41. The predicted molar refractivity (Wildman–Crippen MR) is 172 cm³/mol. The minimum absolute atomic E-state index is 0.260. The fourth-order valence-corrected chi connectivity index (χ4v) is 5.36. The van der Waals surface area contributed by atoms with E-state index >= 15 is 0 Å². The molecule has 0 heterocycles. The van der Waals surface area contributed by atoms with Crippen molar-refractivity contribution in [2.45, 2.75) is 31.6 Å². The summed E-state index contributed by atoms with van der Waals surface area (Å²) in [6.07, 6.45) is 0.764. The molecule has 0 spiro atoms. The summed E-state index contributed by atoms with van der Waals surface area (Å²) in [7, 11) is -3.32. The van der Waals surface area contributed by atoms with Gasteiger partial charge in [0.05, 0.1) is 4.90 Å². The van der Waals surface area contributed by atoms with Crippen molar-refractivity contribution < 1.29 is 32.1 Å². The zero-order valence-corrected chi connectivity index (χ0v) is 25.9. The molecule has 228 valence electrons. The van der Waals surface area contributed by atoms with Crippen molar-refractivity contribution in [2.75, 3.05) is 26.1 Å². The van der Waals surface area contributed by atoms with Gasteiger partial charge >= 0.3 is 0 Å². The summed E-state index contributed by atoms with van der Waals surface area (Å²) in [4.78, 5) is 0.260. The van der Waals surface area contributed by atoms with Crippen LogP contribution < -0.4 is 14.2 Å². The van der Waals surface area contributed by atoms with Crippen LogP contribution in [0.15, 0.2) is 114 Å². The molecule has 5 rings (SSSR count). The highest BCUT2D eigenvalue weighted by atomic mass is 32.2. The first-order chi connectivity index (χ1) is 21.3. The number of ether oxygens (including phenoxy) is 5. The molecule has 0 amide bonds. The normalized spacial score (nSPS) is 11.5. The maximum atomic E-state index is 12.1. The van der Waals surface area contributed by atoms with Crippen molar-refractivity contribution in [3.05, 3.63) is 115 Å². The molecule has 0 saturated heterocycles. The van der Waals surface area contributed by atoms with Crippen molar-refractivity contribution in [1.82, 2.24) is 0 Å². The number of fused-ring (bicyclic) bond motifs is 1. The Morgan fingerprint density at radius 1 is 0.682 bits per heavy atom. The van der Waals surface area contributed by atoms with Crippen LogP contribution in [0.4, 0.5) is 0 Å². The minimum atomic E-state index is -3.32. The number of hydrogen-bond donors (Lipinski definition) is 0. The monoisotopic (exact) mass is 612 g/mol. The molecule has 0 radical (unpaired) electrons. The van der Waals surface area contributed by atoms with Crippen LogP contribution in [0.25, 0.3) is 21.9 Å². The van der Waals surface area contributed by atoms with Gasteiger partial charge in [-0.3, -0.25) is 0 Å². The molecule has 0 aliphatic heterocycles. The fraction of sp³-hybridized carbons (Fsp3) is 0.222. The summed E-state index contributed by atoms with van der Waals surface area (Å²) in [6, 6.07) is 34.1. The third kappa shape index (κ3) is 7.96. The SMILES string of the molecule is CCOC(COc1ccc(Oc2c(-c3ccc(S(C)(=O)=O)cc3)ccc3cc(OCc4ccccc4)ccc23)cc1)OCC. The van der Waals surface area contributed by atoms with Crippen LogP contribution in [0.5, 0.6) is 23.0 Å². The van der Waals surface area contributed by atoms with Crippen LogP contribution in [0.3, 0.4) is 0 Å². The molecular formula is C36H36O7S. The molecule has 0 aliphatic rings. The topological polar surface area (TPSA) is 80.3 Å². The van der Waals surface area contributed by atoms with E-state index in [-0.39, 0.29) is 11.5 Å². The summed E-state index contributed by atoms with van der Waals surface area (Å²) in [5, 5.41) is 1.83. The first-order valence-electron chi connectivity index (χ1n) is 14.5. The molecule has 44 heavy (non-hydrogen) atoms. The lowest BCUT2D eigenvalue weighted by Gasteiger charge is -2.18. The number of rotatable bonds is 14. The summed E-state index contributed by atoms with van der Waals surface area (Å²) >= 11 is 0. The molecule has 8 heteroatoms. The van der Waals surface area contributed by atoms with Crippen molar-refractivity contribution in [1.29, 1.82) is 0 Å². The van der Waals surface area contributed by atoms with Crippen LogP contribution in [-0.4, -0.2) is 40.8 Å². The summed E-state index contributed by atoms with van der Waals surface area (Å²) in [5.41, 5.74) is 2.74. The first kappa shape index (κ1) is 31.1. The molecule has 0 unspecified atom stereocenters. The Hall–Kier alpha value is -4.37. The highest BCUT2D eigenvalue weighted by molar-refractivity contribution is 7.90. The van der Waals surface area contributed by atoms with Gasteiger partial charge in [-0.2, -0.15) is 0 Å². The van der Waals surface area contributed by atoms with Crippen LogP contribution in [-0.2, 0) is 25.9 Å². The van der Waals surface area contributed by atoms with E-state index in [9.17, 15) is 8.42 Å². The van der Waals surface area contributed by atoms with E-state index in [1.807, 2.05) is 98.8 Å². The van der Waals surface area contributed by atoms with Crippen molar-refractivity contribution in [3.8, 4) is 34.1 Å². The molecule has 5 aromatic carbocycles. The van der Waals surface area contributed by atoms with Gasteiger partial charge in [0.25, 0.3) is 0 Å². The maximum Gasteiger partial charge on any atom is 0.191 e. The smallest absolute Gasteiger partial charge is 0.191 e. The Morgan fingerprint density at radius 3 is 2.00 bits per heavy atom. The standard InChI is InChI=1S/C36H36O7S/c1-4-39-35(40-5-2)25-42-29-14-16-30(17-15-29)43-36-33(27-11-19-32(20-12-27)44(3,37)38)21-13-28-23-31(18-22-34(28)36)41-24-26-9-7-6-8-10-26/h6-23,35H,4-5,24-25H2,1-3H3. The molecular weight excluding hydrogens is 576 g/mol. The van der Waals surface area contributed by atoms with Gasteiger partial charge in [0.1, 0.15) is 36.2 Å². The quantitative estimate of drug-likeness (QED) is 0.117. The predicted octanol–water partition coefficient (Wildman–Crippen LogP) is 8.06. The molecule has 0 fully saturated rings. The second-order valence-electron chi connectivity index (χ2n) is 10.1. The van der Waals surface area contributed by atoms with Crippen molar-refractivity contribution in [3.63, 3.8) is 0 Å². The lowest BCUT2D eigenvalue weighted by atomic mass is 9.99. The van der Waals surface area contributed by atoms with Crippen molar-refractivity contribution in [2.24, 2.45) is 0 Å². The lowest BCUT2D eigenvalue weighted by molar-refractivity contribution is -0.152. The lowest BCUT2D eigenvalue weighted by Crippen LogP contribution is -2.25. The van der Waals surface area contributed by atoms with Gasteiger partial charge in [-0.15, -0.1) is 0 Å². The van der Waals surface area contributed by atoms with E-state index in [4.69, 9.17) is 23.7 Å². The van der Waals surface area contributed by atoms with Gasteiger partial charge in [-0.25, -0.2) is 8.42 Å². The van der Waals surface area contributed by atoms with E-state index in [0.29, 0.717) is 37.1 Å². The molecule has 5 aromatic rings. The van der Waals surface area contributed by atoms with Crippen LogP contribution in [0.1, 0.15) is 19.4 Å². The van der Waals surface area contributed by atoms with Gasteiger partial charge in [0.2, 0.25) is 0 Å². The van der Waals surface area contributed by atoms with Crippen LogP contribution >= 0.6 is 0 Å². The molecule has 0 saturated carbocycles. The van der Waals surface area contributed by atoms with E-state index in [0.717, 1.165) is 33.2 Å². The van der Waals surface area contributed by atoms with Gasteiger partial charge in [0.15, 0.2) is 16.1 Å². The largest absolute Gasteiger partial charge is 0.489 e. The third-order valence-corrected chi connectivity index (χ3v) is 8.05. The number of sulfone groups is 1. The zero-order valence-electron chi connectivity index (χ0n) is 25.1. The summed E-state index contributed by atoms with van der Waals surface area (Å²) in [6.45, 7) is 5.63. The Bertz CT molecular complexity index is 1760. The van der Waals surface area contributed by atoms with Gasteiger partial charge in [0, 0.05) is 30.4 Å². The second kappa shape index (κ2) is 14.4. The van der Waals surface area contributed by atoms with Gasteiger partial charge in [-0.1, -0.05) is 48.5 Å². The highest BCUT2D eigenvalue weighted by Gasteiger charge is 2.15. The zero-order chi connectivity index (χ0) is 30.9. The van der Waals surface area contributed by atoms with E-state index in [1.54, 1.807) is 24.3 Å².